The highest BCUT2D eigenvalue weighted by molar-refractivity contribution is 6.74. The van der Waals surface area contributed by atoms with Gasteiger partial charge in [0.2, 0.25) is 0 Å². The first-order chi connectivity index (χ1) is 7.67. The Hall–Kier alpha value is -0.673. The van der Waals surface area contributed by atoms with Gasteiger partial charge < -0.3 is 9.16 Å². The Morgan fingerprint density at radius 3 is 2.18 bits per heavy atom. The van der Waals surface area contributed by atoms with E-state index in [9.17, 15) is 0 Å². The first-order valence-electron chi connectivity index (χ1n) is 5.70. The van der Waals surface area contributed by atoms with Gasteiger partial charge in [-0.05, 0) is 30.3 Å². The molecule has 0 N–H and O–H groups in total. The van der Waals surface area contributed by atoms with E-state index in [-0.39, 0.29) is 5.04 Å². The van der Waals surface area contributed by atoms with Crippen molar-refractivity contribution in [2.75, 3.05) is 7.11 Å². The average Bonchev–Trinajstić information content (AvgIpc) is 2.18. The maximum absolute atomic E-state index is 6.20. The molecule has 0 aliphatic heterocycles. The van der Waals surface area contributed by atoms with Crippen LogP contribution in [0, 0.1) is 0 Å². The van der Waals surface area contributed by atoms with Gasteiger partial charge in [0.15, 0.2) is 5.75 Å². The summed E-state index contributed by atoms with van der Waals surface area (Å²) >= 11 is 5.93. The van der Waals surface area contributed by atoms with E-state index in [0.717, 1.165) is 5.75 Å². The van der Waals surface area contributed by atoms with Gasteiger partial charge in [0.1, 0.15) is 5.75 Å². The third-order valence-corrected chi connectivity index (χ3v) is 7.87. The molecule has 0 aromatic heterocycles. The third-order valence-electron chi connectivity index (χ3n) is 3.30. The summed E-state index contributed by atoms with van der Waals surface area (Å²) in [7, 11) is -0.205. The summed E-state index contributed by atoms with van der Waals surface area (Å²) in [5, 5.41) is 0.821. The molecular weight excluding hydrogens is 252 g/mol. The fraction of sp³-hybridized carbons (Fsp3) is 0.538. The van der Waals surface area contributed by atoms with Gasteiger partial charge >= 0.3 is 0 Å². The second kappa shape index (κ2) is 4.90. The van der Waals surface area contributed by atoms with Crippen LogP contribution in [0.5, 0.6) is 11.5 Å². The van der Waals surface area contributed by atoms with Crippen LogP contribution in [-0.4, -0.2) is 15.4 Å². The van der Waals surface area contributed by atoms with Crippen LogP contribution in [0.25, 0.3) is 0 Å². The van der Waals surface area contributed by atoms with Crippen LogP contribution in [0.15, 0.2) is 18.2 Å². The molecule has 96 valence electrons. The number of benzene rings is 1. The molecule has 0 saturated carbocycles. The highest BCUT2D eigenvalue weighted by Crippen LogP contribution is 2.40. The first-order valence-corrected chi connectivity index (χ1v) is 8.98. The second-order valence-corrected chi connectivity index (χ2v) is 10.8. The van der Waals surface area contributed by atoms with Crippen molar-refractivity contribution in [3.63, 3.8) is 0 Å². The highest BCUT2D eigenvalue weighted by atomic mass is 35.5. The Bertz CT molecular complexity index is 397. The molecule has 0 bridgehead atoms. The molecule has 4 heteroatoms. The molecule has 0 radical (unpaired) electrons. The van der Waals surface area contributed by atoms with Gasteiger partial charge in [-0.15, -0.1) is 0 Å². The van der Waals surface area contributed by atoms with Crippen molar-refractivity contribution >= 4 is 19.9 Å². The highest BCUT2D eigenvalue weighted by Gasteiger charge is 2.39. The first kappa shape index (κ1) is 14.4. The van der Waals surface area contributed by atoms with Crippen LogP contribution in [-0.2, 0) is 0 Å². The molecule has 1 aromatic carbocycles. The summed E-state index contributed by atoms with van der Waals surface area (Å²) in [6.45, 7) is 11.0. The molecule has 0 spiro atoms. The maximum atomic E-state index is 6.20. The summed E-state index contributed by atoms with van der Waals surface area (Å²) in [4.78, 5) is 0. The van der Waals surface area contributed by atoms with Crippen LogP contribution in [0.1, 0.15) is 20.8 Å². The molecule has 0 aliphatic carbocycles. The molecule has 1 aromatic rings. The minimum Gasteiger partial charge on any atom is -0.541 e. The Labute approximate surface area is 110 Å². The number of ether oxygens (including phenoxy) is 1. The molecule has 0 fully saturated rings. The van der Waals surface area contributed by atoms with E-state index in [1.807, 2.05) is 12.1 Å². The van der Waals surface area contributed by atoms with Crippen molar-refractivity contribution in [3.05, 3.63) is 23.2 Å². The Balaban J connectivity index is 3.03. The molecule has 0 saturated heterocycles. The predicted molar refractivity (Wildman–Crippen MR) is 75.8 cm³/mol. The Morgan fingerprint density at radius 1 is 1.12 bits per heavy atom. The summed E-state index contributed by atoms with van der Waals surface area (Å²) < 4.78 is 11.5. The SMILES string of the molecule is COc1cc(Cl)ccc1O[Si](C)(C)C(C)(C)C. The fourth-order valence-corrected chi connectivity index (χ4v) is 2.34. The molecule has 17 heavy (non-hydrogen) atoms. The normalized spacial score (nSPS) is 12.4. The quantitative estimate of drug-likeness (QED) is 0.741. The maximum Gasteiger partial charge on any atom is 0.250 e. The lowest BCUT2D eigenvalue weighted by atomic mass is 10.2. The summed E-state index contributed by atoms with van der Waals surface area (Å²) in [5.41, 5.74) is 0. The number of rotatable bonds is 3. The molecule has 0 aliphatic rings. The van der Waals surface area contributed by atoms with Crippen molar-refractivity contribution in [2.45, 2.75) is 38.9 Å². The summed E-state index contributed by atoms with van der Waals surface area (Å²) in [6, 6.07) is 5.48. The van der Waals surface area contributed by atoms with Crippen molar-refractivity contribution < 1.29 is 9.16 Å². The van der Waals surface area contributed by atoms with E-state index in [2.05, 4.69) is 33.9 Å². The molecule has 1 rings (SSSR count). The van der Waals surface area contributed by atoms with Gasteiger partial charge in [0, 0.05) is 11.1 Å². The zero-order valence-electron chi connectivity index (χ0n) is 11.4. The zero-order chi connectivity index (χ0) is 13.3. The van der Waals surface area contributed by atoms with Crippen LogP contribution < -0.4 is 9.16 Å². The monoisotopic (exact) mass is 272 g/mol. The topological polar surface area (TPSA) is 18.5 Å². The van der Waals surface area contributed by atoms with E-state index in [4.69, 9.17) is 20.8 Å². The third kappa shape index (κ3) is 3.39. The fourth-order valence-electron chi connectivity index (χ4n) is 1.15. The number of methoxy groups -OCH3 is 1. The molecular formula is C13H21ClO2Si. The van der Waals surface area contributed by atoms with E-state index >= 15 is 0 Å². The van der Waals surface area contributed by atoms with Gasteiger partial charge in [-0.3, -0.25) is 0 Å². The minimum atomic E-state index is -1.83. The van der Waals surface area contributed by atoms with E-state index in [0.29, 0.717) is 10.8 Å². The average molecular weight is 273 g/mol. The van der Waals surface area contributed by atoms with Crippen LogP contribution in [0.2, 0.25) is 23.2 Å². The van der Waals surface area contributed by atoms with Crippen LogP contribution in [0.3, 0.4) is 0 Å². The van der Waals surface area contributed by atoms with Crippen molar-refractivity contribution in [2.24, 2.45) is 0 Å². The van der Waals surface area contributed by atoms with Crippen LogP contribution >= 0.6 is 11.6 Å². The van der Waals surface area contributed by atoms with Crippen molar-refractivity contribution in [3.8, 4) is 11.5 Å². The minimum absolute atomic E-state index is 0.164. The van der Waals surface area contributed by atoms with Gasteiger partial charge in [-0.1, -0.05) is 32.4 Å². The van der Waals surface area contributed by atoms with Gasteiger partial charge in [-0.25, -0.2) is 0 Å². The van der Waals surface area contributed by atoms with Gasteiger partial charge in [-0.2, -0.15) is 0 Å². The number of hydrogen-bond acceptors (Lipinski definition) is 2. The summed E-state index contributed by atoms with van der Waals surface area (Å²) in [5.74, 6) is 1.48. The zero-order valence-corrected chi connectivity index (χ0v) is 13.2. The Kier molecular flexibility index (Phi) is 4.15. The molecule has 0 atom stereocenters. The number of hydrogen-bond donors (Lipinski definition) is 0. The molecule has 0 amide bonds. The van der Waals surface area contributed by atoms with Gasteiger partial charge in [0.25, 0.3) is 8.32 Å². The van der Waals surface area contributed by atoms with Gasteiger partial charge in [0.05, 0.1) is 7.11 Å². The molecule has 0 heterocycles. The molecule has 0 unspecified atom stereocenters. The Morgan fingerprint density at radius 2 is 1.71 bits per heavy atom. The lowest BCUT2D eigenvalue weighted by Crippen LogP contribution is -2.43. The van der Waals surface area contributed by atoms with Crippen molar-refractivity contribution in [1.29, 1.82) is 0 Å². The number of halogens is 1. The standard InChI is InChI=1S/C13H21ClO2Si/c1-13(2,3)17(5,6)16-11-8-7-10(14)9-12(11)15-4/h7-9H,1-6H3. The largest absolute Gasteiger partial charge is 0.541 e. The smallest absolute Gasteiger partial charge is 0.250 e. The van der Waals surface area contributed by atoms with Crippen molar-refractivity contribution in [1.82, 2.24) is 0 Å². The lowest BCUT2D eigenvalue weighted by molar-refractivity contribution is 0.386. The van der Waals surface area contributed by atoms with E-state index in [1.165, 1.54) is 0 Å². The molecule has 2 nitrogen and oxygen atoms in total. The lowest BCUT2D eigenvalue weighted by Gasteiger charge is -2.36. The van der Waals surface area contributed by atoms with E-state index in [1.54, 1.807) is 13.2 Å². The van der Waals surface area contributed by atoms with E-state index < -0.39 is 8.32 Å². The predicted octanol–water partition coefficient (Wildman–Crippen LogP) is 4.73. The second-order valence-electron chi connectivity index (χ2n) is 5.66. The van der Waals surface area contributed by atoms with Crippen LogP contribution in [0.4, 0.5) is 0 Å². The summed E-state index contributed by atoms with van der Waals surface area (Å²) in [6.07, 6.45) is 0.